The van der Waals surface area contributed by atoms with Crippen molar-refractivity contribution >= 4 is 11.8 Å². The van der Waals surface area contributed by atoms with Crippen LogP contribution in [0, 0.1) is 6.92 Å². The zero-order valence-electron chi connectivity index (χ0n) is 14.7. The Morgan fingerprint density at radius 1 is 1.12 bits per heavy atom. The standard InChI is InChI=1S/C19H20N4O2S/c1-13-4-3-5-15(10-13)12-26-19-22-21-17(18(24)23(19)20)11-14-6-8-16(25-2)9-7-14/h3-10H,11-12,20H2,1-2H3. The molecular weight excluding hydrogens is 348 g/mol. The monoisotopic (exact) mass is 368 g/mol. The first-order valence-electron chi connectivity index (χ1n) is 8.12. The van der Waals surface area contributed by atoms with Gasteiger partial charge in [-0.25, -0.2) is 0 Å². The number of aromatic nitrogens is 3. The number of aryl methyl sites for hydroxylation is 1. The average Bonchev–Trinajstić information content (AvgIpc) is 2.65. The number of nitrogens with two attached hydrogens (primary N) is 1. The van der Waals surface area contributed by atoms with Gasteiger partial charge in [-0.15, -0.1) is 10.2 Å². The highest BCUT2D eigenvalue weighted by Gasteiger charge is 2.11. The molecule has 0 bridgehead atoms. The number of ether oxygens (including phenoxy) is 1. The summed E-state index contributed by atoms with van der Waals surface area (Å²) in [5, 5.41) is 8.62. The fourth-order valence-corrected chi connectivity index (χ4v) is 3.31. The third kappa shape index (κ3) is 4.23. The molecule has 0 aliphatic rings. The molecule has 0 fully saturated rings. The summed E-state index contributed by atoms with van der Waals surface area (Å²) in [5.41, 5.74) is 3.26. The highest BCUT2D eigenvalue weighted by atomic mass is 32.2. The molecule has 0 saturated carbocycles. The van der Waals surface area contributed by atoms with Gasteiger partial charge in [-0.1, -0.05) is 53.7 Å². The number of thioether (sulfide) groups is 1. The molecule has 6 nitrogen and oxygen atoms in total. The minimum absolute atomic E-state index is 0.317. The van der Waals surface area contributed by atoms with Crippen molar-refractivity contribution in [1.29, 1.82) is 0 Å². The number of methoxy groups -OCH3 is 1. The summed E-state index contributed by atoms with van der Waals surface area (Å²) in [6.45, 7) is 2.04. The van der Waals surface area contributed by atoms with Gasteiger partial charge in [-0.2, -0.15) is 4.68 Å². The largest absolute Gasteiger partial charge is 0.497 e. The molecule has 3 rings (SSSR count). The van der Waals surface area contributed by atoms with Gasteiger partial charge in [0.25, 0.3) is 5.56 Å². The highest BCUT2D eigenvalue weighted by Crippen LogP contribution is 2.19. The molecule has 0 aliphatic heterocycles. The molecule has 0 saturated heterocycles. The fourth-order valence-electron chi connectivity index (χ4n) is 2.52. The Bertz CT molecular complexity index is 954. The van der Waals surface area contributed by atoms with Gasteiger partial charge < -0.3 is 10.6 Å². The van der Waals surface area contributed by atoms with Gasteiger partial charge in [0.05, 0.1) is 7.11 Å². The van der Waals surface area contributed by atoms with E-state index in [1.165, 1.54) is 17.3 Å². The first-order chi connectivity index (χ1) is 12.6. The number of rotatable bonds is 6. The predicted octanol–water partition coefficient (Wildman–Crippen LogP) is 2.55. The molecular formula is C19H20N4O2S. The molecule has 3 aromatic rings. The number of nitrogens with zero attached hydrogens (tertiary/aromatic N) is 3. The fraction of sp³-hybridized carbons (Fsp3) is 0.211. The molecule has 0 amide bonds. The molecule has 0 atom stereocenters. The van der Waals surface area contributed by atoms with Crippen molar-refractivity contribution in [2.45, 2.75) is 24.3 Å². The summed E-state index contributed by atoms with van der Waals surface area (Å²) >= 11 is 1.39. The van der Waals surface area contributed by atoms with Crippen LogP contribution in [0.3, 0.4) is 0 Å². The van der Waals surface area contributed by atoms with Crippen molar-refractivity contribution in [1.82, 2.24) is 14.9 Å². The van der Waals surface area contributed by atoms with Crippen molar-refractivity contribution in [3.8, 4) is 5.75 Å². The van der Waals surface area contributed by atoms with Crippen LogP contribution in [-0.2, 0) is 12.2 Å². The van der Waals surface area contributed by atoms with E-state index >= 15 is 0 Å². The zero-order chi connectivity index (χ0) is 18.5. The van der Waals surface area contributed by atoms with Crippen LogP contribution in [0.1, 0.15) is 22.4 Å². The van der Waals surface area contributed by atoms with Gasteiger partial charge in [0.1, 0.15) is 11.4 Å². The van der Waals surface area contributed by atoms with Crippen molar-refractivity contribution in [3.05, 3.63) is 81.3 Å². The van der Waals surface area contributed by atoms with Crippen LogP contribution in [0.25, 0.3) is 0 Å². The van der Waals surface area contributed by atoms with E-state index in [0.717, 1.165) is 21.6 Å². The number of benzene rings is 2. The smallest absolute Gasteiger partial charge is 0.294 e. The molecule has 7 heteroatoms. The van der Waals surface area contributed by atoms with Crippen LogP contribution >= 0.6 is 11.8 Å². The lowest BCUT2D eigenvalue weighted by atomic mass is 10.1. The number of hydrogen-bond donors (Lipinski definition) is 1. The summed E-state index contributed by atoms with van der Waals surface area (Å²) in [7, 11) is 1.61. The lowest BCUT2D eigenvalue weighted by molar-refractivity contribution is 0.414. The second-order valence-electron chi connectivity index (χ2n) is 5.91. The summed E-state index contributed by atoms with van der Waals surface area (Å²) in [6.07, 6.45) is 0.371. The molecule has 26 heavy (non-hydrogen) atoms. The Balaban J connectivity index is 1.74. The molecule has 134 valence electrons. The van der Waals surface area contributed by atoms with Gasteiger partial charge >= 0.3 is 0 Å². The predicted molar refractivity (Wildman–Crippen MR) is 103 cm³/mol. The average molecular weight is 368 g/mol. The van der Waals surface area contributed by atoms with Gasteiger partial charge in [-0.3, -0.25) is 4.79 Å². The maximum absolute atomic E-state index is 12.5. The molecule has 2 N–H and O–H groups in total. The van der Waals surface area contributed by atoms with E-state index in [-0.39, 0.29) is 5.56 Å². The van der Waals surface area contributed by atoms with Crippen molar-refractivity contribution in [2.75, 3.05) is 13.0 Å². The first kappa shape index (κ1) is 18.0. The number of nitrogen functional groups attached to an aromatic ring is 1. The van der Waals surface area contributed by atoms with E-state index in [2.05, 4.69) is 16.3 Å². The second-order valence-corrected chi connectivity index (χ2v) is 6.85. The minimum atomic E-state index is -0.331. The Kier molecular flexibility index (Phi) is 5.58. The van der Waals surface area contributed by atoms with Crippen LogP contribution in [0.15, 0.2) is 58.5 Å². The topological polar surface area (TPSA) is 83.0 Å². The van der Waals surface area contributed by atoms with E-state index in [9.17, 15) is 4.79 Å². The van der Waals surface area contributed by atoms with Gasteiger partial charge in [0.2, 0.25) is 5.16 Å². The Morgan fingerprint density at radius 2 is 1.88 bits per heavy atom. The maximum atomic E-state index is 12.5. The molecule has 1 aromatic heterocycles. The lowest BCUT2D eigenvalue weighted by Gasteiger charge is -2.08. The van der Waals surface area contributed by atoms with E-state index in [1.54, 1.807) is 7.11 Å². The Hall–Kier alpha value is -2.80. The molecule has 0 unspecified atom stereocenters. The maximum Gasteiger partial charge on any atom is 0.294 e. The first-order valence-corrected chi connectivity index (χ1v) is 9.10. The summed E-state index contributed by atoms with van der Waals surface area (Å²) in [6, 6.07) is 15.6. The normalized spacial score (nSPS) is 10.7. The van der Waals surface area contributed by atoms with E-state index in [0.29, 0.717) is 23.0 Å². The summed E-state index contributed by atoms with van der Waals surface area (Å²) in [5.74, 6) is 7.37. The van der Waals surface area contributed by atoms with Crippen LogP contribution in [-0.4, -0.2) is 22.0 Å². The summed E-state index contributed by atoms with van der Waals surface area (Å²) < 4.78 is 6.21. The molecule has 2 aromatic carbocycles. The van der Waals surface area contributed by atoms with Gasteiger partial charge in [0.15, 0.2) is 0 Å². The SMILES string of the molecule is COc1ccc(Cc2nnc(SCc3cccc(C)c3)n(N)c2=O)cc1. The Morgan fingerprint density at radius 3 is 2.58 bits per heavy atom. The number of hydrogen-bond acceptors (Lipinski definition) is 6. The van der Waals surface area contributed by atoms with Crippen LogP contribution in [0.4, 0.5) is 0 Å². The van der Waals surface area contributed by atoms with Gasteiger partial charge in [0, 0.05) is 12.2 Å². The molecule has 0 aliphatic carbocycles. The van der Waals surface area contributed by atoms with Crippen LogP contribution in [0.5, 0.6) is 5.75 Å². The van der Waals surface area contributed by atoms with Crippen molar-refractivity contribution < 1.29 is 4.74 Å². The molecule has 1 heterocycles. The van der Waals surface area contributed by atoms with Crippen molar-refractivity contribution in [2.24, 2.45) is 0 Å². The van der Waals surface area contributed by atoms with E-state index in [1.807, 2.05) is 49.4 Å². The second kappa shape index (κ2) is 8.05. The lowest BCUT2D eigenvalue weighted by Crippen LogP contribution is -2.33. The van der Waals surface area contributed by atoms with E-state index < -0.39 is 0 Å². The van der Waals surface area contributed by atoms with Crippen LogP contribution < -0.4 is 16.1 Å². The molecule has 0 spiro atoms. The quantitative estimate of drug-likeness (QED) is 0.532. The highest BCUT2D eigenvalue weighted by molar-refractivity contribution is 7.98. The molecule has 0 radical (unpaired) electrons. The van der Waals surface area contributed by atoms with Crippen LogP contribution in [0.2, 0.25) is 0 Å². The third-order valence-corrected chi connectivity index (χ3v) is 4.92. The van der Waals surface area contributed by atoms with Gasteiger partial charge in [-0.05, 0) is 30.2 Å². The zero-order valence-corrected chi connectivity index (χ0v) is 15.5. The minimum Gasteiger partial charge on any atom is -0.497 e. The Labute approximate surface area is 156 Å². The summed E-state index contributed by atoms with van der Waals surface area (Å²) in [4.78, 5) is 12.5. The van der Waals surface area contributed by atoms with Crippen molar-refractivity contribution in [3.63, 3.8) is 0 Å². The third-order valence-electron chi connectivity index (χ3n) is 3.91. The van der Waals surface area contributed by atoms with E-state index in [4.69, 9.17) is 10.6 Å².